The molecule has 0 unspecified atom stereocenters. The second-order valence-corrected chi connectivity index (χ2v) is 5.27. The Balaban J connectivity index is 1.91. The van der Waals surface area contributed by atoms with Crippen LogP contribution in [0.4, 0.5) is 4.79 Å². The van der Waals surface area contributed by atoms with Crippen molar-refractivity contribution in [1.29, 1.82) is 0 Å². The lowest BCUT2D eigenvalue weighted by molar-refractivity contribution is 0.0858. The van der Waals surface area contributed by atoms with Gasteiger partial charge in [-0.05, 0) is 31.9 Å². The largest absolute Gasteiger partial charge is 0.450 e. The fraction of sp³-hybridized carbons (Fsp3) is 0.533. The first-order valence-electron chi connectivity index (χ1n) is 7.41. The molecule has 2 amide bonds. The van der Waals surface area contributed by atoms with E-state index in [2.05, 4.69) is 5.32 Å². The van der Waals surface area contributed by atoms with E-state index in [1.807, 2.05) is 0 Å². The van der Waals surface area contributed by atoms with Crippen molar-refractivity contribution in [3.63, 3.8) is 0 Å². The second kappa shape index (κ2) is 7.11. The lowest BCUT2D eigenvalue weighted by atomic mass is 10.0. The van der Waals surface area contributed by atoms with Gasteiger partial charge in [0.05, 0.1) is 6.61 Å². The summed E-state index contributed by atoms with van der Waals surface area (Å²) in [6.07, 6.45) is 2.59. The molecule has 0 aliphatic carbocycles. The van der Waals surface area contributed by atoms with Crippen molar-refractivity contribution >= 4 is 12.0 Å². The number of carbonyl (C=O) groups is 2. The number of pyridine rings is 1. The fourth-order valence-electron chi connectivity index (χ4n) is 2.45. The van der Waals surface area contributed by atoms with Crippen molar-refractivity contribution in [2.24, 2.45) is 7.05 Å². The highest BCUT2D eigenvalue weighted by molar-refractivity contribution is 5.94. The number of carbonyl (C=O) groups excluding carboxylic acids is 2. The lowest BCUT2D eigenvalue weighted by Gasteiger charge is -2.31. The van der Waals surface area contributed by atoms with Gasteiger partial charge in [0.2, 0.25) is 0 Å². The summed E-state index contributed by atoms with van der Waals surface area (Å²) in [6, 6.07) is 3.15. The number of likely N-dealkylation sites (tertiary alicyclic amines) is 1. The molecule has 1 aliphatic rings. The molecule has 0 aromatic carbocycles. The number of hydrogen-bond donors (Lipinski definition) is 1. The molecule has 1 fully saturated rings. The summed E-state index contributed by atoms with van der Waals surface area (Å²) in [4.78, 5) is 37.3. The van der Waals surface area contributed by atoms with Crippen molar-refractivity contribution in [3.05, 3.63) is 34.2 Å². The molecule has 1 aliphatic heterocycles. The average Bonchev–Trinajstić information content (AvgIpc) is 2.51. The number of hydrogen-bond acceptors (Lipinski definition) is 4. The first-order chi connectivity index (χ1) is 10.5. The van der Waals surface area contributed by atoms with Gasteiger partial charge in [-0.2, -0.15) is 0 Å². The Labute approximate surface area is 128 Å². The molecule has 120 valence electrons. The molecule has 0 atom stereocenters. The second-order valence-electron chi connectivity index (χ2n) is 5.27. The van der Waals surface area contributed by atoms with Crippen LogP contribution in [0.3, 0.4) is 0 Å². The van der Waals surface area contributed by atoms with Crippen LogP contribution in [0.5, 0.6) is 0 Å². The van der Waals surface area contributed by atoms with Gasteiger partial charge in [0, 0.05) is 32.4 Å². The zero-order valence-corrected chi connectivity index (χ0v) is 12.9. The highest BCUT2D eigenvalue weighted by Gasteiger charge is 2.25. The molecule has 2 heterocycles. The van der Waals surface area contributed by atoms with Crippen LogP contribution in [-0.2, 0) is 11.8 Å². The smallest absolute Gasteiger partial charge is 0.409 e. The van der Waals surface area contributed by atoms with Crippen LogP contribution in [0.15, 0.2) is 23.1 Å². The van der Waals surface area contributed by atoms with Gasteiger partial charge in [-0.25, -0.2) is 4.79 Å². The van der Waals surface area contributed by atoms with Gasteiger partial charge in [-0.3, -0.25) is 9.59 Å². The molecule has 0 radical (unpaired) electrons. The predicted molar refractivity (Wildman–Crippen MR) is 80.8 cm³/mol. The Morgan fingerprint density at radius 3 is 2.68 bits per heavy atom. The highest BCUT2D eigenvalue weighted by atomic mass is 16.6. The van der Waals surface area contributed by atoms with E-state index in [0.29, 0.717) is 32.5 Å². The Morgan fingerprint density at radius 2 is 2.05 bits per heavy atom. The van der Waals surface area contributed by atoms with Gasteiger partial charge < -0.3 is 19.5 Å². The predicted octanol–water partition coefficient (Wildman–Crippen LogP) is 0.736. The van der Waals surface area contributed by atoms with Crippen molar-refractivity contribution in [2.75, 3.05) is 19.7 Å². The molecule has 1 saturated heterocycles. The molecule has 1 aromatic rings. The first-order valence-corrected chi connectivity index (χ1v) is 7.41. The number of amides is 2. The summed E-state index contributed by atoms with van der Waals surface area (Å²) >= 11 is 0. The standard InChI is InChI=1S/C15H21N3O4/c1-3-22-15(21)18-9-6-11(7-10-18)16-13(19)12-5-4-8-17(2)14(12)20/h4-5,8,11H,3,6-7,9-10H2,1-2H3,(H,16,19). The third-order valence-electron chi connectivity index (χ3n) is 3.72. The minimum atomic E-state index is -0.365. The van der Waals surface area contributed by atoms with Gasteiger partial charge >= 0.3 is 6.09 Å². The third kappa shape index (κ3) is 3.66. The monoisotopic (exact) mass is 307 g/mol. The number of rotatable bonds is 3. The van der Waals surface area contributed by atoms with Crippen LogP contribution in [0.2, 0.25) is 0 Å². The Kier molecular flexibility index (Phi) is 5.19. The van der Waals surface area contributed by atoms with Crippen LogP contribution < -0.4 is 10.9 Å². The van der Waals surface area contributed by atoms with Crippen LogP contribution in [0.25, 0.3) is 0 Å². The van der Waals surface area contributed by atoms with E-state index in [4.69, 9.17) is 4.74 Å². The van der Waals surface area contributed by atoms with Crippen LogP contribution >= 0.6 is 0 Å². The molecular weight excluding hydrogens is 286 g/mol. The van der Waals surface area contributed by atoms with Gasteiger partial charge in [0.15, 0.2) is 0 Å². The summed E-state index contributed by atoms with van der Waals surface area (Å²) in [5, 5.41) is 2.86. The summed E-state index contributed by atoms with van der Waals surface area (Å²) in [5.41, 5.74) is -0.179. The van der Waals surface area contributed by atoms with Crippen LogP contribution in [0.1, 0.15) is 30.1 Å². The molecule has 0 spiro atoms. The molecule has 7 nitrogen and oxygen atoms in total. The number of piperidine rings is 1. The average molecular weight is 307 g/mol. The molecule has 0 bridgehead atoms. The van der Waals surface area contributed by atoms with Gasteiger partial charge in [-0.15, -0.1) is 0 Å². The van der Waals surface area contributed by atoms with E-state index in [1.165, 1.54) is 10.6 Å². The highest BCUT2D eigenvalue weighted by Crippen LogP contribution is 2.12. The number of nitrogens with zero attached hydrogens (tertiary/aromatic N) is 2. The maximum Gasteiger partial charge on any atom is 0.409 e. The maximum atomic E-state index is 12.2. The van der Waals surface area contributed by atoms with Crippen molar-refractivity contribution in [2.45, 2.75) is 25.8 Å². The zero-order chi connectivity index (χ0) is 16.1. The Bertz CT molecular complexity index is 603. The van der Waals surface area contributed by atoms with Gasteiger partial charge in [0.25, 0.3) is 11.5 Å². The molecule has 1 N–H and O–H groups in total. The fourth-order valence-corrected chi connectivity index (χ4v) is 2.45. The number of nitrogens with one attached hydrogen (secondary N) is 1. The zero-order valence-electron chi connectivity index (χ0n) is 12.9. The summed E-state index contributed by atoms with van der Waals surface area (Å²) in [6.45, 7) is 3.20. The third-order valence-corrected chi connectivity index (χ3v) is 3.72. The summed E-state index contributed by atoms with van der Waals surface area (Å²) in [5.74, 6) is -0.365. The minimum Gasteiger partial charge on any atom is -0.450 e. The minimum absolute atomic E-state index is 0.0388. The van der Waals surface area contributed by atoms with E-state index >= 15 is 0 Å². The summed E-state index contributed by atoms with van der Waals surface area (Å²) < 4.78 is 6.32. The Morgan fingerprint density at radius 1 is 1.36 bits per heavy atom. The number of aryl methyl sites for hydroxylation is 1. The molecule has 2 rings (SSSR count). The molecule has 1 aromatic heterocycles. The topological polar surface area (TPSA) is 80.6 Å². The maximum absolute atomic E-state index is 12.2. The van der Waals surface area contributed by atoms with Gasteiger partial charge in [-0.1, -0.05) is 0 Å². The SMILES string of the molecule is CCOC(=O)N1CCC(NC(=O)c2cccn(C)c2=O)CC1. The molecular formula is C15H21N3O4. The van der Waals surface area contributed by atoms with E-state index in [-0.39, 0.29) is 29.2 Å². The first kappa shape index (κ1) is 16.1. The molecule has 0 saturated carbocycles. The molecule has 7 heteroatoms. The van der Waals surface area contributed by atoms with Crippen LogP contribution in [-0.4, -0.2) is 47.2 Å². The van der Waals surface area contributed by atoms with E-state index in [0.717, 1.165) is 0 Å². The quantitative estimate of drug-likeness (QED) is 0.893. The van der Waals surface area contributed by atoms with Crippen molar-refractivity contribution in [3.8, 4) is 0 Å². The van der Waals surface area contributed by atoms with E-state index < -0.39 is 0 Å². The lowest BCUT2D eigenvalue weighted by Crippen LogP contribution is -2.47. The van der Waals surface area contributed by atoms with Gasteiger partial charge in [0.1, 0.15) is 5.56 Å². The summed E-state index contributed by atoms with van der Waals surface area (Å²) in [7, 11) is 1.61. The molecule has 22 heavy (non-hydrogen) atoms. The Hall–Kier alpha value is -2.31. The van der Waals surface area contributed by atoms with E-state index in [1.54, 1.807) is 31.1 Å². The van der Waals surface area contributed by atoms with Crippen molar-refractivity contribution in [1.82, 2.24) is 14.8 Å². The van der Waals surface area contributed by atoms with Crippen molar-refractivity contribution < 1.29 is 14.3 Å². The normalized spacial score (nSPS) is 15.5. The number of ether oxygens (including phenoxy) is 1. The van der Waals surface area contributed by atoms with Crippen LogP contribution in [0, 0.1) is 0 Å². The van der Waals surface area contributed by atoms with E-state index in [9.17, 15) is 14.4 Å². The number of aromatic nitrogens is 1.